The van der Waals surface area contributed by atoms with Gasteiger partial charge < -0.3 is 4.74 Å². The van der Waals surface area contributed by atoms with E-state index in [0.29, 0.717) is 0 Å². The maximum absolute atomic E-state index is 11.1. The van der Waals surface area contributed by atoms with E-state index in [1.807, 2.05) is 0 Å². The third-order valence-electron chi connectivity index (χ3n) is 1.57. The molecule has 0 saturated heterocycles. The highest BCUT2D eigenvalue weighted by atomic mass is 35.5. The van der Waals surface area contributed by atoms with Crippen LogP contribution >= 0.6 is 46.4 Å². The number of nitro groups is 1. The van der Waals surface area contributed by atoms with Gasteiger partial charge in [-0.15, -0.1) is 0 Å². The fourth-order valence-corrected chi connectivity index (χ4v) is 1.54. The molecule has 0 atom stereocenters. The van der Waals surface area contributed by atoms with Crippen LogP contribution in [0.3, 0.4) is 0 Å². The first kappa shape index (κ1) is 14.3. The molecule has 0 radical (unpaired) electrons. The summed E-state index contributed by atoms with van der Waals surface area (Å²) in [6.07, 6.45) is 0. The number of alkyl halides is 2. The number of hydrogen-bond acceptors (Lipinski definition) is 4. The molecule has 0 unspecified atom stereocenters. The van der Waals surface area contributed by atoms with Crippen LogP contribution in [0, 0.1) is 10.1 Å². The van der Waals surface area contributed by atoms with E-state index in [1.165, 1.54) is 6.07 Å². The highest BCUT2D eigenvalue weighted by Crippen LogP contribution is 2.38. The van der Waals surface area contributed by atoms with Crippen LogP contribution < -0.4 is 4.74 Å². The van der Waals surface area contributed by atoms with Crippen molar-refractivity contribution in [2.45, 2.75) is 4.84 Å². The van der Waals surface area contributed by atoms with Crippen LogP contribution in [-0.4, -0.2) is 15.7 Å². The van der Waals surface area contributed by atoms with Crippen LogP contribution in [0.25, 0.3) is 0 Å². The predicted octanol–water partition coefficient (Wildman–Crippen LogP) is 3.61. The van der Waals surface area contributed by atoms with Crippen molar-refractivity contribution in [2.24, 2.45) is 0 Å². The van der Waals surface area contributed by atoms with E-state index in [1.54, 1.807) is 0 Å². The van der Waals surface area contributed by atoms with E-state index in [9.17, 15) is 14.9 Å². The summed E-state index contributed by atoms with van der Waals surface area (Å²) in [5.74, 6) is -1.52. The molecule has 0 fully saturated rings. The molecule has 0 saturated carbocycles. The summed E-state index contributed by atoms with van der Waals surface area (Å²) in [6.45, 7) is 0. The highest BCUT2D eigenvalue weighted by molar-refractivity contribution is 6.53. The molecule has 1 rings (SSSR count). The van der Waals surface area contributed by atoms with Crippen molar-refractivity contribution in [1.29, 1.82) is 0 Å². The molecule has 17 heavy (non-hydrogen) atoms. The van der Waals surface area contributed by atoms with Crippen LogP contribution in [0.4, 0.5) is 5.69 Å². The van der Waals surface area contributed by atoms with E-state index in [4.69, 9.17) is 46.4 Å². The molecule has 1 aromatic carbocycles. The van der Waals surface area contributed by atoms with Gasteiger partial charge in [0.05, 0.1) is 9.95 Å². The van der Waals surface area contributed by atoms with Gasteiger partial charge in [-0.25, -0.2) is 4.79 Å². The Bertz CT molecular complexity index is 477. The number of hydrogen-bond donors (Lipinski definition) is 0. The van der Waals surface area contributed by atoms with E-state index in [2.05, 4.69) is 4.74 Å². The molecule has 0 heterocycles. The van der Waals surface area contributed by atoms with Gasteiger partial charge in [0.15, 0.2) is 0 Å². The minimum atomic E-state index is -1.47. The first-order valence-electron chi connectivity index (χ1n) is 3.96. The van der Waals surface area contributed by atoms with Crippen molar-refractivity contribution >= 4 is 58.1 Å². The average Bonchev–Trinajstić information content (AvgIpc) is 2.20. The van der Waals surface area contributed by atoms with Crippen molar-refractivity contribution in [3.8, 4) is 5.75 Å². The van der Waals surface area contributed by atoms with Gasteiger partial charge in [0.25, 0.3) is 0 Å². The number of ether oxygens (including phenoxy) is 1. The SMILES string of the molecule is O=C(Oc1c(Cl)cc(Cl)cc1[N+](=O)[O-])C(Cl)Cl. The molecule has 0 aromatic heterocycles. The topological polar surface area (TPSA) is 69.4 Å². The van der Waals surface area contributed by atoms with Gasteiger partial charge >= 0.3 is 11.7 Å². The Kier molecular flexibility index (Phi) is 4.82. The molecule has 0 aliphatic rings. The average molecular weight is 319 g/mol. The van der Waals surface area contributed by atoms with Crippen molar-refractivity contribution in [3.63, 3.8) is 0 Å². The van der Waals surface area contributed by atoms with Crippen molar-refractivity contribution < 1.29 is 14.5 Å². The number of nitro benzene ring substituents is 1. The lowest BCUT2D eigenvalue weighted by Gasteiger charge is -2.07. The quantitative estimate of drug-likeness (QED) is 0.281. The summed E-state index contributed by atoms with van der Waals surface area (Å²) in [4.78, 5) is 19.6. The van der Waals surface area contributed by atoms with Gasteiger partial charge in [-0.1, -0.05) is 46.4 Å². The largest absolute Gasteiger partial charge is 0.416 e. The van der Waals surface area contributed by atoms with Gasteiger partial charge in [-0.3, -0.25) is 10.1 Å². The summed E-state index contributed by atoms with van der Waals surface area (Å²) in [5, 5.41) is 10.6. The Labute approximate surface area is 115 Å². The highest BCUT2D eigenvalue weighted by Gasteiger charge is 2.25. The van der Waals surface area contributed by atoms with Crippen LogP contribution in [0.1, 0.15) is 0 Å². The lowest BCUT2D eigenvalue weighted by atomic mass is 10.3. The second kappa shape index (κ2) is 5.73. The van der Waals surface area contributed by atoms with E-state index >= 15 is 0 Å². The summed E-state index contributed by atoms with van der Waals surface area (Å²) in [5.41, 5.74) is -0.551. The number of esters is 1. The molecule has 1 aromatic rings. The second-order valence-corrected chi connectivity index (χ2v) is 4.65. The maximum Gasteiger partial charge on any atom is 0.345 e. The summed E-state index contributed by atoms with van der Waals surface area (Å²) < 4.78 is 4.62. The Balaban J connectivity index is 3.22. The van der Waals surface area contributed by atoms with Gasteiger partial charge in [-0.2, -0.15) is 0 Å². The lowest BCUT2D eigenvalue weighted by molar-refractivity contribution is -0.385. The van der Waals surface area contributed by atoms with Crippen molar-refractivity contribution in [1.82, 2.24) is 0 Å². The fraction of sp³-hybridized carbons (Fsp3) is 0.125. The molecule has 9 heteroatoms. The maximum atomic E-state index is 11.1. The van der Waals surface area contributed by atoms with E-state index < -0.39 is 27.2 Å². The first-order valence-corrected chi connectivity index (χ1v) is 5.59. The molecule has 0 bridgehead atoms. The Hall–Kier alpha value is -0.750. The molecule has 5 nitrogen and oxygen atoms in total. The number of rotatable bonds is 3. The number of nitrogens with zero attached hydrogens (tertiary/aromatic N) is 1. The van der Waals surface area contributed by atoms with Crippen LogP contribution in [0.2, 0.25) is 10.0 Å². The van der Waals surface area contributed by atoms with Gasteiger partial charge in [0.1, 0.15) is 0 Å². The zero-order valence-corrected chi connectivity index (χ0v) is 10.8. The molecular formula is C8H3Cl4NO4. The molecular weight excluding hydrogens is 316 g/mol. The molecule has 92 valence electrons. The first-order chi connectivity index (χ1) is 7.82. The normalized spacial score (nSPS) is 10.4. The number of benzene rings is 1. The lowest BCUT2D eigenvalue weighted by Crippen LogP contribution is -2.16. The summed E-state index contributed by atoms with van der Waals surface area (Å²) in [6, 6.07) is 2.18. The smallest absolute Gasteiger partial charge is 0.345 e. The summed E-state index contributed by atoms with van der Waals surface area (Å²) in [7, 11) is 0. The monoisotopic (exact) mass is 317 g/mol. The molecule has 0 spiro atoms. The predicted molar refractivity (Wildman–Crippen MR) is 64.2 cm³/mol. The minimum absolute atomic E-state index is 0.0368. The second-order valence-electron chi connectivity index (χ2n) is 2.71. The zero-order chi connectivity index (χ0) is 13.2. The van der Waals surface area contributed by atoms with Gasteiger partial charge in [-0.05, 0) is 6.07 Å². The third-order valence-corrected chi connectivity index (χ3v) is 2.42. The van der Waals surface area contributed by atoms with Crippen LogP contribution in [-0.2, 0) is 4.79 Å². The van der Waals surface area contributed by atoms with Gasteiger partial charge in [0, 0.05) is 11.1 Å². The third kappa shape index (κ3) is 3.61. The van der Waals surface area contributed by atoms with Gasteiger partial charge in [0.2, 0.25) is 10.6 Å². The van der Waals surface area contributed by atoms with Crippen LogP contribution in [0.15, 0.2) is 12.1 Å². The Morgan fingerprint density at radius 1 is 1.35 bits per heavy atom. The number of carbonyl (C=O) groups is 1. The summed E-state index contributed by atoms with van der Waals surface area (Å²) >= 11 is 21.8. The minimum Gasteiger partial charge on any atom is -0.416 e. The van der Waals surface area contributed by atoms with E-state index in [-0.39, 0.29) is 10.0 Å². The van der Waals surface area contributed by atoms with Crippen LogP contribution in [0.5, 0.6) is 5.75 Å². The Morgan fingerprint density at radius 3 is 2.41 bits per heavy atom. The van der Waals surface area contributed by atoms with Crippen molar-refractivity contribution in [3.05, 3.63) is 32.3 Å². The number of halogens is 4. The molecule has 0 aliphatic carbocycles. The standard InChI is InChI=1S/C8H3Cl4NO4/c9-3-1-4(10)6(5(2-3)13(15)16)17-8(14)7(11)12/h1-2,7H. The number of carbonyl (C=O) groups excluding carboxylic acids is 1. The zero-order valence-electron chi connectivity index (χ0n) is 7.82. The van der Waals surface area contributed by atoms with Crippen molar-refractivity contribution in [2.75, 3.05) is 0 Å². The molecule has 0 amide bonds. The fourth-order valence-electron chi connectivity index (χ4n) is 0.929. The Morgan fingerprint density at radius 2 is 1.94 bits per heavy atom. The molecule has 0 N–H and O–H groups in total. The molecule has 0 aliphatic heterocycles. The van der Waals surface area contributed by atoms with E-state index in [0.717, 1.165) is 6.07 Å².